The number of benzene rings is 2. The fourth-order valence-corrected chi connectivity index (χ4v) is 5.42. The van der Waals surface area contributed by atoms with Gasteiger partial charge in [-0.05, 0) is 42.7 Å². The van der Waals surface area contributed by atoms with Crippen molar-refractivity contribution in [1.29, 1.82) is 0 Å². The van der Waals surface area contributed by atoms with Crippen LogP contribution in [0.3, 0.4) is 0 Å². The van der Waals surface area contributed by atoms with Gasteiger partial charge >= 0.3 is 0 Å². The molecule has 0 spiro atoms. The van der Waals surface area contributed by atoms with Crippen LogP contribution in [-0.4, -0.2) is 67.1 Å². The molecule has 1 atom stereocenters. The molecule has 6 nitrogen and oxygen atoms in total. The van der Waals surface area contributed by atoms with Crippen LogP contribution in [0.4, 0.5) is 0 Å². The smallest absolute Gasteiger partial charge is 0.255 e. The van der Waals surface area contributed by atoms with Gasteiger partial charge in [-0.3, -0.25) is 9.69 Å². The van der Waals surface area contributed by atoms with E-state index in [0.29, 0.717) is 12.9 Å². The second-order valence-corrected chi connectivity index (χ2v) is 9.26. The van der Waals surface area contributed by atoms with Crippen LogP contribution < -0.4 is 9.47 Å². The number of hydrogen-bond acceptors (Lipinski definition) is 6. The number of thioether (sulfide) groups is 1. The maximum atomic E-state index is 13.2. The number of piperazine rings is 1. The molecule has 3 aliphatic rings. The molecule has 0 unspecified atom stereocenters. The number of carbonyl (C=O) groups excluding carboxylic acids is 1. The van der Waals surface area contributed by atoms with Crippen molar-refractivity contribution >= 4 is 17.7 Å². The molecule has 0 aromatic heterocycles. The highest BCUT2D eigenvalue weighted by molar-refractivity contribution is 7.99. The minimum Gasteiger partial charge on any atom is -0.454 e. The monoisotopic (exact) mass is 440 g/mol. The van der Waals surface area contributed by atoms with Crippen LogP contribution in [0, 0.1) is 0 Å². The van der Waals surface area contributed by atoms with Gasteiger partial charge in [0.25, 0.3) is 5.91 Å². The van der Waals surface area contributed by atoms with E-state index in [2.05, 4.69) is 23.1 Å². The topological polar surface area (TPSA) is 51.2 Å². The van der Waals surface area contributed by atoms with Gasteiger partial charge < -0.3 is 19.1 Å². The van der Waals surface area contributed by atoms with Crippen molar-refractivity contribution in [3.8, 4) is 11.5 Å². The number of hydrogen-bond donors (Lipinski definition) is 0. The van der Waals surface area contributed by atoms with E-state index in [-0.39, 0.29) is 5.91 Å². The number of rotatable bonds is 6. The molecule has 2 aromatic rings. The Balaban J connectivity index is 1.16. The maximum Gasteiger partial charge on any atom is 0.255 e. The van der Waals surface area contributed by atoms with Gasteiger partial charge in [-0.1, -0.05) is 18.2 Å². The van der Waals surface area contributed by atoms with Gasteiger partial charge in [-0.15, -0.1) is 11.8 Å². The van der Waals surface area contributed by atoms with Crippen molar-refractivity contribution in [3.05, 3.63) is 53.6 Å². The summed E-state index contributed by atoms with van der Waals surface area (Å²) < 4.78 is 16.6. The van der Waals surface area contributed by atoms with Crippen LogP contribution >= 0.6 is 11.8 Å². The largest absolute Gasteiger partial charge is 0.454 e. The van der Waals surface area contributed by atoms with Crippen LogP contribution in [0.1, 0.15) is 28.8 Å². The summed E-state index contributed by atoms with van der Waals surface area (Å²) in [5.41, 5.74) is 2.02. The van der Waals surface area contributed by atoms with Crippen molar-refractivity contribution in [2.45, 2.75) is 30.4 Å². The number of fused-ring (bicyclic) bond motifs is 1. The zero-order valence-corrected chi connectivity index (χ0v) is 18.4. The molecule has 2 saturated heterocycles. The molecule has 164 valence electrons. The van der Waals surface area contributed by atoms with Crippen LogP contribution in [0.15, 0.2) is 47.4 Å². The first-order valence-corrected chi connectivity index (χ1v) is 12.0. The highest BCUT2D eigenvalue weighted by atomic mass is 32.2. The zero-order chi connectivity index (χ0) is 21.0. The third-order valence-electron chi connectivity index (χ3n) is 6.07. The summed E-state index contributed by atoms with van der Waals surface area (Å²) >= 11 is 1.74. The number of nitrogens with zero attached hydrogens (tertiary/aromatic N) is 2. The fourth-order valence-electron chi connectivity index (χ4n) is 4.30. The van der Waals surface area contributed by atoms with Gasteiger partial charge in [-0.2, -0.15) is 0 Å². The molecule has 31 heavy (non-hydrogen) atoms. The Morgan fingerprint density at radius 1 is 1.03 bits per heavy atom. The lowest BCUT2D eigenvalue weighted by Gasteiger charge is -2.35. The first-order chi connectivity index (χ1) is 15.3. The number of ether oxygens (including phenoxy) is 3. The van der Waals surface area contributed by atoms with Crippen molar-refractivity contribution in [1.82, 2.24) is 9.80 Å². The van der Waals surface area contributed by atoms with E-state index in [9.17, 15) is 4.79 Å². The summed E-state index contributed by atoms with van der Waals surface area (Å²) in [5, 5.41) is 0. The summed E-state index contributed by atoms with van der Waals surface area (Å²) in [6.45, 7) is 5.24. The van der Waals surface area contributed by atoms with Gasteiger partial charge in [-0.25, -0.2) is 0 Å². The molecule has 5 rings (SSSR count). The first kappa shape index (κ1) is 20.7. The standard InChI is InChI=1S/C24H28N2O4S/c27-24(20-5-1-2-6-23(20)31-16-19-4-3-13-28-19)26-11-9-25(10-12-26)15-18-7-8-21-22(14-18)30-17-29-21/h1-2,5-8,14,19H,3-4,9-13,15-17H2/t19-/m1/s1. The first-order valence-electron chi connectivity index (χ1n) is 11.0. The Morgan fingerprint density at radius 2 is 1.87 bits per heavy atom. The lowest BCUT2D eigenvalue weighted by molar-refractivity contribution is 0.0625. The van der Waals surface area contributed by atoms with Gasteiger partial charge in [0, 0.05) is 50.0 Å². The minimum atomic E-state index is 0.137. The summed E-state index contributed by atoms with van der Waals surface area (Å²) in [4.78, 5) is 18.7. The molecule has 3 heterocycles. The summed E-state index contributed by atoms with van der Waals surface area (Å²) in [6, 6.07) is 14.1. The average Bonchev–Trinajstić information content (AvgIpc) is 3.50. The number of amides is 1. The van der Waals surface area contributed by atoms with Crippen LogP contribution in [-0.2, 0) is 11.3 Å². The van der Waals surface area contributed by atoms with E-state index in [1.54, 1.807) is 11.8 Å². The normalized spacial score (nSPS) is 20.9. The van der Waals surface area contributed by atoms with E-state index in [0.717, 1.165) is 79.9 Å². The molecule has 2 aromatic carbocycles. The Labute approximate surface area is 187 Å². The molecule has 2 fully saturated rings. The van der Waals surface area contributed by atoms with Crippen LogP contribution in [0.25, 0.3) is 0 Å². The summed E-state index contributed by atoms with van der Waals surface area (Å²) in [5.74, 6) is 2.69. The van der Waals surface area contributed by atoms with E-state index < -0.39 is 0 Å². The van der Waals surface area contributed by atoms with Crippen LogP contribution in [0.2, 0.25) is 0 Å². The zero-order valence-electron chi connectivity index (χ0n) is 17.6. The maximum absolute atomic E-state index is 13.2. The van der Waals surface area contributed by atoms with E-state index in [4.69, 9.17) is 14.2 Å². The van der Waals surface area contributed by atoms with Gasteiger partial charge in [0.2, 0.25) is 6.79 Å². The van der Waals surface area contributed by atoms with Crippen molar-refractivity contribution in [2.24, 2.45) is 0 Å². The molecule has 7 heteroatoms. The lowest BCUT2D eigenvalue weighted by atomic mass is 10.1. The van der Waals surface area contributed by atoms with E-state index in [1.165, 1.54) is 5.56 Å². The lowest BCUT2D eigenvalue weighted by Crippen LogP contribution is -2.48. The predicted octanol–water partition coefficient (Wildman–Crippen LogP) is 3.64. The molecule has 0 bridgehead atoms. The van der Waals surface area contributed by atoms with E-state index >= 15 is 0 Å². The summed E-state index contributed by atoms with van der Waals surface area (Å²) in [6.07, 6.45) is 2.57. The molecule has 0 radical (unpaired) electrons. The Bertz CT molecular complexity index is 924. The van der Waals surface area contributed by atoms with Crippen molar-refractivity contribution < 1.29 is 19.0 Å². The van der Waals surface area contributed by atoms with Crippen LogP contribution in [0.5, 0.6) is 11.5 Å². The molecule has 0 N–H and O–H groups in total. The van der Waals surface area contributed by atoms with Gasteiger partial charge in [0.05, 0.1) is 11.7 Å². The third kappa shape index (κ3) is 4.84. The average molecular weight is 441 g/mol. The van der Waals surface area contributed by atoms with Crippen molar-refractivity contribution in [3.63, 3.8) is 0 Å². The Hall–Kier alpha value is -2.22. The van der Waals surface area contributed by atoms with E-state index in [1.807, 2.05) is 29.2 Å². The second-order valence-electron chi connectivity index (χ2n) is 8.20. The highest BCUT2D eigenvalue weighted by Gasteiger charge is 2.25. The van der Waals surface area contributed by atoms with Gasteiger partial charge in [0.15, 0.2) is 11.5 Å². The molecular formula is C24H28N2O4S. The predicted molar refractivity (Wildman–Crippen MR) is 120 cm³/mol. The Morgan fingerprint density at radius 3 is 2.71 bits per heavy atom. The second kappa shape index (κ2) is 9.51. The third-order valence-corrected chi connectivity index (χ3v) is 7.27. The molecule has 3 aliphatic heterocycles. The Kier molecular flexibility index (Phi) is 6.34. The SMILES string of the molecule is O=C(c1ccccc1SC[C@H]1CCCO1)N1CCN(Cc2ccc3c(c2)OCO3)CC1. The molecule has 1 amide bonds. The molecular weight excluding hydrogens is 412 g/mol. The molecule has 0 aliphatic carbocycles. The summed E-state index contributed by atoms with van der Waals surface area (Å²) in [7, 11) is 0. The highest BCUT2D eigenvalue weighted by Crippen LogP contribution is 2.33. The quantitative estimate of drug-likeness (QED) is 0.640. The molecule has 0 saturated carbocycles. The fraction of sp³-hybridized carbons (Fsp3) is 0.458. The van der Waals surface area contributed by atoms with Gasteiger partial charge in [0.1, 0.15) is 0 Å². The number of carbonyl (C=O) groups is 1. The van der Waals surface area contributed by atoms with Crippen molar-refractivity contribution in [2.75, 3.05) is 45.3 Å². The minimum absolute atomic E-state index is 0.137.